The molecule has 2 N–H and O–H groups in total. The van der Waals surface area contributed by atoms with Crippen LogP contribution in [0.4, 0.5) is 0 Å². The van der Waals surface area contributed by atoms with Gasteiger partial charge >= 0.3 is 0 Å². The van der Waals surface area contributed by atoms with Gasteiger partial charge in [-0.25, -0.2) is 0 Å². The van der Waals surface area contributed by atoms with E-state index in [1.807, 2.05) is 0 Å². The molecule has 0 amide bonds. The van der Waals surface area contributed by atoms with Crippen LogP contribution in [-0.4, -0.2) is 6.04 Å². The molecule has 0 heterocycles. The van der Waals surface area contributed by atoms with Crippen LogP contribution >= 0.6 is 0 Å². The Morgan fingerprint density at radius 2 is 1.87 bits per heavy atom. The summed E-state index contributed by atoms with van der Waals surface area (Å²) in [4.78, 5) is 0. The van der Waals surface area contributed by atoms with Crippen LogP contribution in [0.5, 0.6) is 0 Å². The van der Waals surface area contributed by atoms with Gasteiger partial charge in [-0.1, -0.05) is 40.5 Å². The molecule has 0 radical (unpaired) electrons. The highest BCUT2D eigenvalue weighted by atomic mass is 14.6. The van der Waals surface area contributed by atoms with Crippen LogP contribution in [0.2, 0.25) is 0 Å². The molecule has 0 spiro atoms. The molecule has 0 aromatic carbocycles. The Morgan fingerprint density at radius 1 is 1.27 bits per heavy atom. The predicted octanol–water partition coefficient (Wildman–Crippen LogP) is 3.97. The van der Waals surface area contributed by atoms with Crippen molar-refractivity contribution in [2.75, 3.05) is 0 Å². The molecule has 0 bridgehead atoms. The van der Waals surface area contributed by atoms with Gasteiger partial charge in [0.05, 0.1) is 0 Å². The van der Waals surface area contributed by atoms with Crippen molar-refractivity contribution in [2.24, 2.45) is 23.0 Å². The third-order valence-corrected chi connectivity index (χ3v) is 3.31. The Labute approximate surface area is 95.8 Å². The normalized spacial score (nSPS) is 21.4. The zero-order valence-electron chi connectivity index (χ0n) is 11.1. The molecule has 1 saturated carbocycles. The number of nitrogens with two attached hydrogens (primary N) is 1. The van der Waals surface area contributed by atoms with Gasteiger partial charge in [-0.2, -0.15) is 0 Å². The van der Waals surface area contributed by atoms with Crippen molar-refractivity contribution in [3.63, 3.8) is 0 Å². The Hall–Kier alpha value is -0.0400. The lowest BCUT2D eigenvalue weighted by Gasteiger charge is -2.25. The Bertz CT molecular complexity index is 176. The highest BCUT2D eigenvalue weighted by molar-refractivity contribution is 4.77. The Kier molecular flexibility index (Phi) is 4.64. The summed E-state index contributed by atoms with van der Waals surface area (Å²) in [6.45, 7) is 9.31. The fourth-order valence-electron chi connectivity index (χ4n) is 2.62. The molecule has 0 saturated heterocycles. The van der Waals surface area contributed by atoms with E-state index in [1.165, 1.54) is 38.5 Å². The first-order chi connectivity index (χ1) is 6.87. The zero-order chi connectivity index (χ0) is 11.5. The summed E-state index contributed by atoms with van der Waals surface area (Å²) in [6, 6.07) is 0.447. The van der Waals surface area contributed by atoms with Gasteiger partial charge in [-0.15, -0.1) is 0 Å². The number of rotatable bonds is 6. The van der Waals surface area contributed by atoms with Crippen molar-refractivity contribution < 1.29 is 0 Å². The molecule has 2 unspecified atom stereocenters. The van der Waals surface area contributed by atoms with Gasteiger partial charge in [-0.3, -0.25) is 0 Å². The second-order valence-electron chi connectivity index (χ2n) is 6.89. The number of hydrogen-bond acceptors (Lipinski definition) is 1. The van der Waals surface area contributed by atoms with E-state index in [0.29, 0.717) is 11.5 Å². The molecule has 0 aliphatic heterocycles. The van der Waals surface area contributed by atoms with Crippen LogP contribution < -0.4 is 5.73 Å². The number of hydrogen-bond donors (Lipinski definition) is 1. The fraction of sp³-hybridized carbons (Fsp3) is 1.00. The lowest BCUT2D eigenvalue weighted by molar-refractivity contribution is 0.281. The largest absolute Gasteiger partial charge is 0.328 e. The molecule has 1 fully saturated rings. The van der Waals surface area contributed by atoms with Crippen molar-refractivity contribution in [3.05, 3.63) is 0 Å². The first-order valence-corrected chi connectivity index (χ1v) is 6.62. The van der Waals surface area contributed by atoms with Crippen molar-refractivity contribution >= 4 is 0 Å². The minimum Gasteiger partial charge on any atom is -0.328 e. The zero-order valence-corrected chi connectivity index (χ0v) is 11.1. The quantitative estimate of drug-likeness (QED) is 0.707. The smallest absolute Gasteiger partial charge is 0.00414 e. The maximum Gasteiger partial charge on any atom is 0.00414 e. The van der Waals surface area contributed by atoms with Crippen molar-refractivity contribution in [2.45, 2.75) is 72.3 Å². The summed E-state index contributed by atoms with van der Waals surface area (Å²) < 4.78 is 0. The van der Waals surface area contributed by atoms with Crippen molar-refractivity contribution in [3.8, 4) is 0 Å². The molecule has 1 aliphatic rings. The van der Waals surface area contributed by atoms with E-state index in [2.05, 4.69) is 27.7 Å². The van der Waals surface area contributed by atoms with Gasteiger partial charge in [0, 0.05) is 6.04 Å². The maximum absolute atomic E-state index is 6.17. The van der Waals surface area contributed by atoms with E-state index in [0.717, 1.165) is 11.8 Å². The molecule has 0 aromatic heterocycles. The topological polar surface area (TPSA) is 26.0 Å². The molecule has 1 rings (SSSR count). The Morgan fingerprint density at radius 3 is 2.33 bits per heavy atom. The van der Waals surface area contributed by atoms with Crippen LogP contribution in [0.15, 0.2) is 0 Å². The van der Waals surface area contributed by atoms with Crippen LogP contribution in [0, 0.1) is 17.3 Å². The lowest BCUT2D eigenvalue weighted by Crippen LogP contribution is -2.24. The molecule has 0 aromatic rings. The average Bonchev–Trinajstić information content (AvgIpc) is 2.79. The predicted molar refractivity (Wildman–Crippen MR) is 67.8 cm³/mol. The van der Waals surface area contributed by atoms with E-state index in [4.69, 9.17) is 5.73 Å². The summed E-state index contributed by atoms with van der Waals surface area (Å²) in [5.41, 5.74) is 6.62. The maximum atomic E-state index is 6.17. The summed E-state index contributed by atoms with van der Waals surface area (Å²) in [5.74, 6) is 1.81. The summed E-state index contributed by atoms with van der Waals surface area (Å²) in [7, 11) is 0. The van der Waals surface area contributed by atoms with E-state index < -0.39 is 0 Å². The van der Waals surface area contributed by atoms with Crippen LogP contribution in [-0.2, 0) is 0 Å². The minimum atomic E-state index is 0.447. The van der Waals surface area contributed by atoms with Crippen LogP contribution in [0.3, 0.4) is 0 Å². The van der Waals surface area contributed by atoms with Crippen LogP contribution in [0.25, 0.3) is 0 Å². The van der Waals surface area contributed by atoms with Gasteiger partial charge in [0.25, 0.3) is 0 Å². The summed E-state index contributed by atoms with van der Waals surface area (Å²) in [6.07, 6.45) is 8.06. The van der Waals surface area contributed by atoms with E-state index >= 15 is 0 Å². The van der Waals surface area contributed by atoms with E-state index in [1.54, 1.807) is 0 Å². The van der Waals surface area contributed by atoms with Gasteiger partial charge in [-0.05, 0) is 42.9 Å². The molecule has 1 aliphatic carbocycles. The molecular weight excluding hydrogens is 182 g/mol. The van der Waals surface area contributed by atoms with Gasteiger partial charge < -0.3 is 5.73 Å². The first kappa shape index (κ1) is 13.0. The van der Waals surface area contributed by atoms with Gasteiger partial charge in [0.2, 0.25) is 0 Å². The van der Waals surface area contributed by atoms with Gasteiger partial charge in [0.1, 0.15) is 0 Å². The minimum absolute atomic E-state index is 0.447. The fourth-order valence-corrected chi connectivity index (χ4v) is 2.62. The van der Waals surface area contributed by atoms with Gasteiger partial charge in [0.15, 0.2) is 0 Å². The lowest BCUT2D eigenvalue weighted by atomic mass is 9.82. The Balaban J connectivity index is 2.09. The first-order valence-electron chi connectivity index (χ1n) is 6.62. The summed E-state index contributed by atoms with van der Waals surface area (Å²) >= 11 is 0. The monoisotopic (exact) mass is 211 g/mol. The molecular formula is C14H29N. The van der Waals surface area contributed by atoms with E-state index in [-0.39, 0.29) is 0 Å². The third-order valence-electron chi connectivity index (χ3n) is 3.31. The average molecular weight is 211 g/mol. The highest BCUT2D eigenvalue weighted by Crippen LogP contribution is 2.34. The van der Waals surface area contributed by atoms with Crippen molar-refractivity contribution in [1.82, 2.24) is 0 Å². The highest BCUT2D eigenvalue weighted by Gasteiger charge is 2.22. The van der Waals surface area contributed by atoms with Crippen LogP contribution in [0.1, 0.15) is 66.2 Å². The second-order valence-corrected chi connectivity index (χ2v) is 6.89. The molecule has 1 nitrogen and oxygen atoms in total. The third kappa shape index (κ3) is 6.94. The molecule has 2 atom stereocenters. The second kappa shape index (κ2) is 5.34. The van der Waals surface area contributed by atoms with Crippen molar-refractivity contribution in [1.29, 1.82) is 0 Å². The molecule has 90 valence electrons. The molecule has 1 heteroatoms. The molecule has 15 heavy (non-hydrogen) atoms. The summed E-state index contributed by atoms with van der Waals surface area (Å²) in [5, 5.41) is 0. The standard InChI is InChI=1S/C14H29N/c1-11(10-14(2,3)4)9-13(15)8-7-12-5-6-12/h11-13H,5-10,15H2,1-4H3. The van der Waals surface area contributed by atoms with E-state index in [9.17, 15) is 0 Å². The SMILES string of the molecule is CC(CC(N)CCC1CC1)CC(C)(C)C.